The minimum Gasteiger partial charge on any atom is -0.394 e. The number of hydrogen-bond donors (Lipinski definition) is 8. The highest BCUT2D eigenvalue weighted by Crippen LogP contribution is 2.49. The van der Waals surface area contributed by atoms with Crippen LogP contribution in [0, 0.1) is 0 Å². The van der Waals surface area contributed by atoms with Gasteiger partial charge >= 0.3 is 13.5 Å². The van der Waals surface area contributed by atoms with Gasteiger partial charge in [-0.2, -0.15) is 4.98 Å². The molecule has 1 unspecified atom stereocenters. The van der Waals surface area contributed by atoms with Gasteiger partial charge in [-0.3, -0.25) is 18.2 Å². The third-order valence-corrected chi connectivity index (χ3v) is 7.26. The number of aliphatic hydroxyl groups is 4. The predicted molar refractivity (Wildman–Crippen MR) is 131 cm³/mol. The summed E-state index contributed by atoms with van der Waals surface area (Å²) >= 11 is 0. The average molecular weight is 589 g/mol. The molecule has 21 heteroatoms. The van der Waals surface area contributed by atoms with E-state index in [0.29, 0.717) is 0 Å². The molecule has 0 aromatic carbocycles. The van der Waals surface area contributed by atoms with E-state index in [1.165, 1.54) is 29.5 Å². The van der Waals surface area contributed by atoms with Crippen molar-refractivity contribution in [3.63, 3.8) is 0 Å². The molecule has 5 rings (SSSR count). The normalized spacial score (nSPS) is 31.7. The Morgan fingerprint density at radius 2 is 1.73 bits per heavy atom. The fraction of sp³-hybridized carbons (Fsp3) is 0.526. The van der Waals surface area contributed by atoms with Crippen molar-refractivity contribution < 1.29 is 48.4 Å². The molecule has 3 aromatic heterocycles. The summed E-state index contributed by atoms with van der Waals surface area (Å²) in [6.45, 7) is -1.48. The Bertz CT molecular complexity index is 1460. The number of nitrogens with two attached hydrogens (primary N) is 2. The Morgan fingerprint density at radius 1 is 1.02 bits per heavy atom. The predicted octanol–water partition coefficient (Wildman–Crippen LogP) is -3.22. The van der Waals surface area contributed by atoms with Crippen LogP contribution in [-0.4, -0.2) is 104 Å². The van der Waals surface area contributed by atoms with Crippen molar-refractivity contribution in [2.75, 3.05) is 24.7 Å². The number of fused-ring (bicyclic) bond motifs is 1. The number of anilines is 2. The minimum absolute atomic E-state index is 0. The maximum absolute atomic E-state index is 12.7. The Hall–Kier alpha value is -3.14. The van der Waals surface area contributed by atoms with Gasteiger partial charge in [0.2, 0.25) is 0 Å². The van der Waals surface area contributed by atoms with Gasteiger partial charge in [0.05, 0.1) is 19.5 Å². The van der Waals surface area contributed by atoms with Crippen LogP contribution in [0.4, 0.5) is 11.6 Å². The van der Waals surface area contributed by atoms with Crippen molar-refractivity contribution in [3.8, 4) is 0 Å². The van der Waals surface area contributed by atoms with Crippen LogP contribution in [0.3, 0.4) is 0 Å². The molecule has 9 atom stereocenters. The lowest BCUT2D eigenvalue weighted by atomic mass is 10.1. The standard InChI is InChI=1S/C19H25N8O11P.H3N/c20-9-1-2-26(19(32)25-9)18-13(31)14(7(3-28)36-18)38-39(33,34)35-4-8-11(29)12(30)17(37-8)27-6-24-10-15(21)22-5-23-16(10)27;/h1-2,5-8,11-14,17-18,28-31H,3-4H2,(H,33,34)(H2,20,25,32)(H2,21,22,23);1H3/t7-,8-,11-,12-,13-,14-,17-,18-;/m1./s1. The van der Waals surface area contributed by atoms with Crippen LogP contribution in [0.15, 0.2) is 29.7 Å². The summed E-state index contributed by atoms with van der Waals surface area (Å²) in [7, 11) is -4.99. The van der Waals surface area contributed by atoms with Crippen molar-refractivity contribution >= 4 is 30.6 Å². The molecule has 2 saturated heterocycles. The first kappa shape index (κ1) is 29.8. The van der Waals surface area contributed by atoms with Gasteiger partial charge in [-0.15, -0.1) is 0 Å². The molecule has 12 N–H and O–H groups in total. The van der Waals surface area contributed by atoms with Crippen LogP contribution in [0.5, 0.6) is 0 Å². The zero-order chi connectivity index (χ0) is 28.1. The molecule has 5 heterocycles. The number of phosphoric ester groups is 1. The maximum atomic E-state index is 12.7. The average Bonchev–Trinajstić information content (AvgIpc) is 3.53. The maximum Gasteiger partial charge on any atom is 0.472 e. The zero-order valence-electron chi connectivity index (χ0n) is 20.5. The van der Waals surface area contributed by atoms with E-state index in [-0.39, 0.29) is 29.0 Å². The number of phosphoric acid groups is 1. The van der Waals surface area contributed by atoms with Gasteiger partial charge in [0.15, 0.2) is 23.9 Å². The topological polar surface area (TPSA) is 321 Å². The summed E-state index contributed by atoms with van der Waals surface area (Å²) in [6.07, 6.45) is -8.03. The second kappa shape index (κ2) is 11.4. The molecule has 0 bridgehead atoms. The molecular weight excluding hydrogens is 561 g/mol. The van der Waals surface area contributed by atoms with Crippen LogP contribution < -0.4 is 23.3 Å². The molecule has 0 spiro atoms. The van der Waals surface area contributed by atoms with E-state index >= 15 is 0 Å². The second-order valence-electron chi connectivity index (χ2n) is 8.74. The molecule has 0 saturated carbocycles. The van der Waals surface area contributed by atoms with Gasteiger partial charge < -0.3 is 52.4 Å². The lowest BCUT2D eigenvalue weighted by Crippen LogP contribution is -2.38. The van der Waals surface area contributed by atoms with E-state index in [1.54, 1.807) is 0 Å². The number of ether oxygens (including phenoxy) is 2. The van der Waals surface area contributed by atoms with Gasteiger partial charge in [-0.05, 0) is 6.07 Å². The first-order chi connectivity index (χ1) is 18.5. The number of rotatable bonds is 8. The van der Waals surface area contributed by atoms with Crippen molar-refractivity contribution in [1.29, 1.82) is 0 Å². The molecule has 0 radical (unpaired) electrons. The van der Waals surface area contributed by atoms with Gasteiger partial charge in [-0.25, -0.2) is 24.3 Å². The Balaban J connectivity index is 0.00000370. The monoisotopic (exact) mass is 589 g/mol. The van der Waals surface area contributed by atoms with E-state index in [2.05, 4.69) is 19.9 Å². The Morgan fingerprint density at radius 3 is 2.42 bits per heavy atom. The van der Waals surface area contributed by atoms with E-state index in [9.17, 15) is 34.7 Å². The van der Waals surface area contributed by atoms with Gasteiger partial charge in [0.1, 0.15) is 54.3 Å². The van der Waals surface area contributed by atoms with E-state index in [0.717, 1.165) is 4.57 Å². The van der Waals surface area contributed by atoms with Crippen molar-refractivity contribution in [1.82, 2.24) is 35.2 Å². The smallest absolute Gasteiger partial charge is 0.394 e. The molecule has 0 amide bonds. The summed E-state index contributed by atoms with van der Waals surface area (Å²) in [5.74, 6) is 0.00915. The minimum atomic E-state index is -4.99. The van der Waals surface area contributed by atoms with E-state index in [4.69, 9.17) is 30.0 Å². The molecule has 0 aliphatic carbocycles. The molecule has 220 valence electrons. The highest BCUT2D eigenvalue weighted by atomic mass is 31.2. The SMILES string of the molecule is N.Nc1ccn([C@@H]2O[C@H](CO)[C@@H](OP(=O)(O)OC[C@H]3O[C@@H](n4cnc5c(N)ncnc54)[C@H](O)[C@@H]3O)[C@H]2O)c(=O)n1. The third-order valence-electron chi connectivity index (χ3n) is 6.27. The highest BCUT2D eigenvalue weighted by molar-refractivity contribution is 7.47. The fourth-order valence-electron chi connectivity index (χ4n) is 4.35. The number of aromatic nitrogens is 6. The number of nitrogen functional groups attached to an aromatic ring is 2. The second-order valence-corrected chi connectivity index (χ2v) is 10.2. The first-order valence-electron chi connectivity index (χ1n) is 11.4. The van der Waals surface area contributed by atoms with Gasteiger partial charge in [-0.1, -0.05) is 0 Å². The van der Waals surface area contributed by atoms with Gasteiger partial charge in [0.25, 0.3) is 0 Å². The molecule has 2 fully saturated rings. The van der Waals surface area contributed by atoms with Crippen LogP contribution in [-0.2, 0) is 23.1 Å². The van der Waals surface area contributed by atoms with Crippen LogP contribution in [0.25, 0.3) is 11.2 Å². The van der Waals surface area contributed by atoms with Gasteiger partial charge in [0, 0.05) is 6.20 Å². The van der Waals surface area contributed by atoms with Crippen molar-refractivity contribution in [2.24, 2.45) is 0 Å². The van der Waals surface area contributed by atoms with Crippen LogP contribution in [0.2, 0.25) is 0 Å². The molecule has 2 aliphatic heterocycles. The number of hydrogen-bond acceptors (Lipinski definition) is 17. The molecule has 3 aromatic rings. The highest BCUT2D eigenvalue weighted by Gasteiger charge is 2.50. The molecule has 20 nitrogen and oxygen atoms in total. The fourth-order valence-corrected chi connectivity index (χ4v) is 5.32. The summed E-state index contributed by atoms with van der Waals surface area (Å²) in [6, 6.07) is 1.27. The van der Waals surface area contributed by atoms with Crippen LogP contribution >= 0.6 is 7.82 Å². The number of nitrogens with zero attached hydrogens (tertiary/aromatic N) is 6. The van der Waals surface area contributed by atoms with E-state index < -0.39 is 75.8 Å². The summed E-state index contributed by atoms with van der Waals surface area (Å²) in [5.41, 5.74) is 10.8. The van der Waals surface area contributed by atoms with Crippen molar-refractivity contribution in [2.45, 2.75) is 49.1 Å². The van der Waals surface area contributed by atoms with Crippen LogP contribution in [0.1, 0.15) is 12.5 Å². The number of imidazole rings is 1. The largest absolute Gasteiger partial charge is 0.472 e. The van der Waals surface area contributed by atoms with Crippen molar-refractivity contribution in [3.05, 3.63) is 35.4 Å². The summed E-state index contributed by atoms with van der Waals surface area (Å²) in [4.78, 5) is 37.9. The lowest BCUT2D eigenvalue weighted by Gasteiger charge is -2.23. The Labute approximate surface area is 223 Å². The molecular formula is C19H28N9O11P. The molecule has 40 heavy (non-hydrogen) atoms. The van der Waals surface area contributed by atoms with E-state index in [1.807, 2.05) is 0 Å². The quantitative estimate of drug-likeness (QED) is 0.120. The lowest BCUT2D eigenvalue weighted by molar-refractivity contribution is -0.0594. The summed E-state index contributed by atoms with van der Waals surface area (Å²) < 4.78 is 36.0. The zero-order valence-corrected chi connectivity index (χ0v) is 21.4. The Kier molecular flexibility index (Phi) is 8.49. The molecule has 2 aliphatic rings. The number of aliphatic hydroxyl groups excluding tert-OH is 4. The first-order valence-corrected chi connectivity index (χ1v) is 12.9. The third kappa shape index (κ3) is 5.42. The summed E-state index contributed by atoms with van der Waals surface area (Å²) in [5, 5.41) is 41.3.